The van der Waals surface area contributed by atoms with E-state index in [1.54, 1.807) is 12.3 Å². The van der Waals surface area contributed by atoms with E-state index in [0.717, 1.165) is 11.3 Å². The number of hydrogen-bond donors (Lipinski definition) is 1. The van der Waals surface area contributed by atoms with Crippen molar-refractivity contribution in [3.05, 3.63) is 47.7 Å². The maximum absolute atomic E-state index is 9.15. The molecule has 0 amide bonds. The highest BCUT2D eigenvalue weighted by molar-refractivity contribution is 5.66. The molecule has 0 radical (unpaired) electrons. The molecule has 1 aromatic carbocycles. The lowest BCUT2D eigenvalue weighted by molar-refractivity contribution is 0.413. The van der Waals surface area contributed by atoms with E-state index >= 15 is 0 Å². The highest BCUT2D eigenvalue weighted by Gasteiger charge is 2.09. The third-order valence-corrected chi connectivity index (χ3v) is 2.53. The Labute approximate surface area is 106 Å². The molecule has 4 heteroatoms. The van der Waals surface area contributed by atoms with E-state index in [1.165, 1.54) is 7.11 Å². The third-order valence-electron chi connectivity index (χ3n) is 2.53. The number of rotatable bonds is 3. The maximum atomic E-state index is 9.15. The van der Waals surface area contributed by atoms with Crippen LogP contribution in [0.3, 0.4) is 0 Å². The first-order chi connectivity index (χ1) is 8.74. The lowest BCUT2D eigenvalue weighted by Crippen LogP contribution is -1.99. The average molecular weight is 239 g/mol. The number of methoxy groups -OCH3 is 1. The summed E-state index contributed by atoms with van der Waals surface area (Å²) in [5.41, 5.74) is 2.44. The Morgan fingerprint density at radius 3 is 2.83 bits per heavy atom. The van der Waals surface area contributed by atoms with E-state index in [9.17, 15) is 0 Å². The Kier molecular flexibility index (Phi) is 3.44. The van der Waals surface area contributed by atoms with Crippen LogP contribution in [0.4, 0.5) is 11.5 Å². The number of ether oxygens (including phenoxy) is 1. The molecule has 0 bridgehead atoms. The molecule has 0 saturated carbocycles. The van der Waals surface area contributed by atoms with Gasteiger partial charge in [0.15, 0.2) is 5.82 Å². The van der Waals surface area contributed by atoms with Gasteiger partial charge < -0.3 is 10.1 Å². The van der Waals surface area contributed by atoms with E-state index in [1.807, 2.05) is 31.2 Å². The fraction of sp³-hybridized carbons (Fsp3) is 0.143. The topological polar surface area (TPSA) is 57.9 Å². The van der Waals surface area contributed by atoms with Gasteiger partial charge in [-0.2, -0.15) is 5.26 Å². The van der Waals surface area contributed by atoms with Crippen LogP contribution < -0.4 is 10.1 Å². The van der Waals surface area contributed by atoms with E-state index in [2.05, 4.69) is 16.4 Å². The van der Waals surface area contributed by atoms with Crippen LogP contribution in [0.1, 0.15) is 11.1 Å². The minimum absolute atomic E-state index is 0.404. The molecule has 0 fully saturated rings. The van der Waals surface area contributed by atoms with Gasteiger partial charge in [0, 0.05) is 11.9 Å². The molecule has 0 unspecified atom stereocenters. The summed E-state index contributed by atoms with van der Waals surface area (Å²) in [6.45, 7) is 2.01. The first-order valence-electron chi connectivity index (χ1n) is 5.51. The maximum Gasteiger partial charge on any atom is 0.152 e. The molecular weight excluding hydrogens is 226 g/mol. The van der Waals surface area contributed by atoms with Gasteiger partial charge in [-0.25, -0.2) is 4.98 Å². The number of nitrogens with zero attached hydrogens (tertiary/aromatic N) is 2. The number of hydrogen-bond acceptors (Lipinski definition) is 4. The van der Waals surface area contributed by atoms with Crippen molar-refractivity contribution in [1.82, 2.24) is 4.98 Å². The smallest absolute Gasteiger partial charge is 0.152 e. The summed E-state index contributed by atoms with van der Waals surface area (Å²) in [6, 6.07) is 11.6. The minimum Gasteiger partial charge on any atom is -0.495 e. The van der Waals surface area contributed by atoms with Gasteiger partial charge in [-0.1, -0.05) is 12.1 Å². The van der Waals surface area contributed by atoms with Crippen LogP contribution in [0.25, 0.3) is 0 Å². The lowest BCUT2D eigenvalue weighted by Gasteiger charge is -2.10. The van der Waals surface area contributed by atoms with Gasteiger partial charge in [-0.15, -0.1) is 0 Å². The molecule has 2 aromatic rings. The first-order valence-corrected chi connectivity index (χ1v) is 5.51. The van der Waals surface area contributed by atoms with E-state index in [4.69, 9.17) is 10.00 Å². The van der Waals surface area contributed by atoms with Gasteiger partial charge >= 0.3 is 0 Å². The number of nitrogens with one attached hydrogen (secondary N) is 1. The summed E-state index contributed by atoms with van der Waals surface area (Å²) in [6.07, 6.45) is 1.61. The van der Waals surface area contributed by atoms with E-state index in [0.29, 0.717) is 17.1 Å². The Bertz CT molecular complexity index is 602. The van der Waals surface area contributed by atoms with Crippen molar-refractivity contribution in [3.63, 3.8) is 0 Å². The number of aromatic nitrogens is 1. The summed E-state index contributed by atoms with van der Waals surface area (Å²) in [4.78, 5) is 4.17. The van der Waals surface area contributed by atoms with Gasteiger partial charge in [0.2, 0.25) is 0 Å². The predicted octanol–water partition coefficient (Wildman–Crippen LogP) is 3.01. The van der Waals surface area contributed by atoms with Gasteiger partial charge in [-0.05, 0) is 30.7 Å². The fourth-order valence-corrected chi connectivity index (χ4v) is 1.68. The Balaban J connectivity index is 2.38. The summed E-state index contributed by atoms with van der Waals surface area (Å²) in [5, 5.41) is 12.3. The lowest BCUT2D eigenvalue weighted by atomic mass is 10.2. The second kappa shape index (κ2) is 5.19. The number of pyridine rings is 1. The zero-order valence-corrected chi connectivity index (χ0v) is 10.3. The molecule has 0 aliphatic rings. The molecule has 0 saturated heterocycles. The molecular formula is C14H13N3O. The molecule has 0 aliphatic carbocycles. The standard InChI is InChI=1S/C14H13N3O/c1-10-4-3-5-11(8-10)17-14-12(9-15)13(18-2)6-7-16-14/h3-8H,1-2H3,(H,16,17). The number of aryl methyl sites for hydroxylation is 1. The van der Waals surface area contributed by atoms with Crippen LogP contribution in [0.15, 0.2) is 36.5 Å². The van der Waals surface area contributed by atoms with Crippen LogP contribution in [-0.4, -0.2) is 12.1 Å². The first kappa shape index (κ1) is 11.9. The van der Waals surface area contributed by atoms with Crippen molar-refractivity contribution >= 4 is 11.5 Å². The number of anilines is 2. The molecule has 1 heterocycles. The van der Waals surface area contributed by atoms with Crippen LogP contribution in [0.2, 0.25) is 0 Å². The normalized spacial score (nSPS) is 9.61. The van der Waals surface area contributed by atoms with Gasteiger partial charge in [-0.3, -0.25) is 0 Å². The second-order valence-corrected chi connectivity index (χ2v) is 3.84. The summed E-state index contributed by atoms with van der Waals surface area (Å²) < 4.78 is 5.14. The van der Waals surface area contributed by atoms with Crippen molar-refractivity contribution in [2.45, 2.75) is 6.92 Å². The van der Waals surface area contributed by atoms with E-state index < -0.39 is 0 Å². The summed E-state index contributed by atoms with van der Waals surface area (Å²) in [5.74, 6) is 1.02. The predicted molar refractivity (Wildman–Crippen MR) is 70.0 cm³/mol. The summed E-state index contributed by atoms with van der Waals surface area (Å²) in [7, 11) is 1.53. The van der Waals surface area contributed by atoms with Crippen molar-refractivity contribution in [2.24, 2.45) is 0 Å². The van der Waals surface area contributed by atoms with Gasteiger partial charge in [0.1, 0.15) is 17.4 Å². The molecule has 0 spiro atoms. The Morgan fingerprint density at radius 1 is 1.33 bits per heavy atom. The molecule has 1 N–H and O–H groups in total. The zero-order chi connectivity index (χ0) is 13.0. The van der Waals surface area contributed by atoms with Crippen molar-refractivity contribution < 1.29 is 4.74 Å². The molecule has 1 aromatic heterocycles. The monoisotopic (exact) mass is 239 g/mol. The Hall–Kier alpha value is -2.54. The van der Waals surface area contributed by atoms with Gasteiger partial charge in [0.05, 0.1) is 7.11 Å². The van der Waals surface area contributed by atoms with Crippen molar-refractivity contribution in [1.29, 1.82) is 5.26 Å². The fourth-order valence-electron chi connectivity index (χ4n) is 1.68. The molecule has 18 heavy (non-hydrogen) atoms. The Morgan fingerprint density at radius 2 is 2.17 bits per heavy atom. The second-order valence-electron chi connectivity index (χ2n) is 3.84. The largest absolute Gasteiger partial charge is 0.495 e. The summed E-state index contributed by atoms with van der Waals surface area (Å²) >= 11 is 0. The minimum atomic E-state index is 0.404. The third kappa shape index (κ3) is 2.41. The van der Waals surface area contributed by atoms with Crippen molar-refractivity contribution in [2.75, 3.05) is 12.4 Å². The SMILES string of the molecule is COc1ccnc(Nc2cccc(C)c2)c1C#N. The van der Waals surface area contributed by atoms with Crippen LogP contribution >= 0.6 is 0 Å². The average Bonchev–Trinajstić information content (AvgIpc) is 2.38. The van der Waals surface area contributed by atoms with E-state index in [-0.39, 0.29) is 0 Å². The highest BCUT2D eigenvalue weighted by atomic mass is 16.5. The molecule has 0 atom stereocenters. The number of benzene rings is 1. The van der Waals surface area contributed by atoms with Crippen LogP contribution in [0, 0.1) is 18.3 Å². The molecule has 90 valence electrons. The molecule has 0 aliphatic heterocycles. The zero-order valence-electron chi connectivity index (χ0n) is 10.3. The van der Waals surface area contributed by atoms with Gasteiger partial charge in [0.25, 0.3) is 0 Å². The van der Waals surface area contributed by atoms with Crippen LogP contribution in [0.5, 0.6) is 5.75 Å². The number of nitriles is 1. The molecule has 4 nitrogen and oxygen atoms in total. The van der Waals surface area contributed by atoms with Crippen LogP contribution in [-0.2, 0) is 0 Å². The quantitative estimate of drug-likeness (QED) is 0.894. The highest BCUT2D eigenvalue weighted by Crippen LogP contribution is 2.25. The molecule has 2 rings (SSSR count). The van der Waals surface area contributed by atoms with Crippen molar-refractivity contribution in [3.8, 4) is 11.8 Å².